The maximum atomic E-state index is 10.5. The van der Waals surface area contributed by atoms with Gasteiger partial charge in [-0.3, -0.25) is 4.79 Å². The standard InChI is InChI=1S/C22H33BrO4S/c1-15-20(23)14-18(28-15)12-11-17(24)10-8-16-9-13-21(25)19(16)6-4-2-3-5-7-22(26)27/h8,10,14,16-17,19,21,24-25H,2-7,9,11-13H2,1H3,(H,26,27)/b10-8+/t16-,17+,19+,21?/m0/s1. The minimum atomic E-state index is -0.725. The van der Waals surface area contributed by atoms with Gasteiger partial charge in [0.05, 0.1) is 12.2 Å². The van der Waals surface area contributed by atoms with Gasteiger partial charge in [0.2, 0.25) is 0 Å². The van der Waals surface area contributed by atoms with Crippen LogP contribution in [-0.4, -0.2) is 33.5 Å². The number of aliphatic hydroxyl groups is 2. The molecule has 0 radical (unpaired) electrons. The zero-order valence-electron chi connectivity index (χ0n) is 16.6. The molecule has 158 valence electrons. The summed E-state index contributed by atoms with van der Waals surface area (Å²) in [5, 5.41) is 29.3. The van der Waals surface area contributed by atoms with Crippen molar-refractivity contribution in [3.8, 4) is 0 Å². The van der Waals surface area contributed by atoms with E-state index in [2.05, 4.69) is 35.0 Å². The topological polar surface area (TPSA) is 77.8 Å². The van der Waals surface area contributed by atoms with E-state index in [1.807, 2.05) is 6.08 Å². The molecule has 0 aliphatic heterocycles. The predicted molar refractivity (Wildman–Crippen MR) is 118 cm³/mol. The summed E-state index contributed by atoms with van der Waals surface area (Å²) in [6.07, 6.45) is 11.7. The number of hydrogen-bond acceptors (Lipinski definition) is 4. The second-order valence-corrected chi connectivity index (χ2v) is 10.1. The van der Waals surface area contributed by atoms with Crippen molar-refractivity contribution in [1.29, 1.82) is 0 Å². The zero-order valence-corrected chi connectivity index (χ0v) is 19.1. The molecule has 1 aromatic rings. The number of hydrogen-bond donors (Lipinski definition) is 3. The first-order chi connectivity index (χ1) is 13.4. The molecule has 1 aliphatic rings. The van der Waals surface area contributed by atoms with Crippen molar-refractivity contribution in [2.45, 2.75) is 83.3 Å². The van der Waals surface area contributed by atoms with E-state index < -0.39 is 12.1 Å². The highest BCUT2D eigenvalue weighted by Gasteiger charge is 2.32. The molecule has 1 aliphatic carbocycles. The van der Waals surface area contributed by atoms with Gasteiger partial charge in [-0.1, -0.05) is 31.4 Å². The molecule has 1 aromatic heterocycles. The van der Waals surface area contributed by atoms with Gasteiger partial charge in [-0.15, -0.1) is 11.3 Å². The summed E-state index contributed by atoms with van der Waals surface area (Å²) >= 11 is 5.30. The van der Waals surface area contributed by atoms with E-state index in [9.17, 15) is 15.0 Å². The fourth-order valence-corrected chi connectivity index (χ4v) is 5.65. The van der Waals surface area contributed by atoms with Crippen LogP contribution in [0, 0.1) is 18.8 Å². The van der Waals surface area contributed by atoms with Gasteiger partial charge in [-0.2, -0.15) is 0 Å². The summed E-state index contributed by atoms with van der Waals surface area (Å²) in [4.78, 5) is 13.1. The lowest BCUT2D eigenvalue weighted by Gasteiger charge is -2.20. The molecular weight excluding hydrogens is 440 g/mol. The monoisotopic (exact) mass is 472 g/mol. The third-order valence-electron chi connectivity index (χ3n) is 5.69. The van der Waals surface area contributed by atoms with Crippen LogP contribution < -0.4 is 0 Å². The lowest BCUT2D eigenvalue weighted by Crippen LogP contribution is -2.18. The normalized spacial score (nSPS) is 23.5. The maximum absolute atomic E-state index is 10.5. The number of aryl methyl sites for hydroxylation is 2. The van der Waals surface area contributed by atoms with Gasteiger partial charge in [0.1, 0.15) is 0 Å². The number of carboxylic acid groups (broad SMARTS) is 1. The van der Waals surface area contributed by atoms with E-state index in [4.69, 9.17) is 5.11 Å². The number of halogens is 1. The molecule has 0 saturated heterocycles. The Morgan fingerprint density at radius 2 is 2.07 bits per heavy atom. The maximum Gasteiger partial charge on any atom is 0.303 e. The summed E-state index contributed by atoms with van der Waals surface area (Å²) in [6.45, 7) is 2.09. The Labute approximate surface area is 180 Å². The van der Waals surface area contributed by atoms with Crippen LogP contribution in [0.15, 0.2) is 22.7 Å². The molecule has 4 atom stereocenters. The van der Waals surface area contributed by atoms with Gasteiger partial charge in [-0.05, 0) is 79.3 Å². The highest BCUT2D eigenvalue weighted by atomic mass is 79.9. The number of allylic oxidation sites excluding steroid dienone is 1. The number of aliphatic carboxylic acids is 1. The van der Waals surface area contributed by atoms with Crippen LogP contribution in [0.5, 0.6) is 0 Å². The molecule has 0 aromatic carbocycles. The Morgan fingerprint density at radius 1 is 1.32 bits per heavy atom. The average Bonchev–Trinajstić information content (AvgIpc) is 3.16. The van der Waals surface area contributed by atoms with Crippen LogP contribution in [0.2, 0.25) is 0 Å². The summed E-state index contributed by atoms with van der Waals surface area (Å²) in [6, 6.07) is 2.14. The predicted octanol–water partition coefficient (Wildman–Crippen LogP) is 5.48. The lowest BCUT2D eigenvalue weighted by molar-refractivity contribution is -0.137. The van der Waals surface area contributed by atoms with Crippen LogP contribution in [0.25, 0.3) is 0 Å². The van der Waals surface area contributed by atoms with Crippen LogP contribution in [0.4, 0.5) is 0 Å². The van der Waals surface area contributed by atoms with Gasteiger partial charge in [-0.25, -0.2) is 0 Å². The number of aliphatic hydroxyl groups excluding tert-OH is 2. The first-order valence-corrected chi connectivity index (χ1v) is 12.0. The Morgan fingerprint density at radius 3 is 2.75 bits per heavy atom. The summed E-state index contributed by atoms with van der Waals surface area (Å²) in [5.74, 6) is -0.127. The van der Waals surface area contributed by atoms with Crippen LogP contribution >= 0.6 is 27.3 Å². The second-order valence-electron chi connectivity index (χ2n) is 7.93. The number of carbonyl (C=O) groups is 1. The first kappa shape index (κ1) is 23.6. The summed E-state index contributed by atoms with van der Waals surface area (Å²) in [5.41, 5.74) is 0. The summed E-state index contributed by atoms with van der Waals surface area (Å²) in [7, 11) is 0. The summed E-state index contributed by atoms with van der Waals surface area (Å²) < 4.78 is 1.14. The smallest absolute Gasteiger partial charge is 0.303 e. The molecule has 1 unspecified atom stereocenters. The van der Waals surface area contributed by atoms with Gasteiger partial charge in [0, 0.05) is 20.6 Å². The Kier molecular flexibility index (Phi) is 10.2. The van der Waals surface area contributed by atoms with E-state index in [0.717, 1.165) is 55.8 Å². The fraction of sp³-hybridized carbons (Fsp3) is 0.682. The van der Waals surface area contributed by atoms with Gasteiger partial charge >= 0.3 is 5.97 Å². The molecule has 28 heavy (non-hydrogen) atoms. The molecule has 2 rings (SSSR count). The largest absolute Gasteiger partial charge is 0.481 e. The van der Waals surface area contributed by atoms with Crippen molar-refractivity contribution in [1.82, 2.24) is 0 Å². The van der Waals surface area contributed by atoms with Crippen molar-refractivity contribution >= 4 is 33.2 Å². The van der Waals surface area contributed by atoms with Gasteiger partial charge in [0.25, 0.3) is 0 Å². The van der Waals surface area contributed by atoms with Crippen molar-refractivity contribution in [2.24, 2.45) is 11.8 Å². The molecule has 1 heterocycles. The number of carboxylic acids is 1. The zero-order chi connectivity index (χ0) is 20.5. The van der Waals surface area contributed by atoms with E-state index in [0.29, 0.717) is 12.3 Å². The number of rotatable bonds is 12. The van der Waals surface area contributed by atoms with Crippen molar-refractivity contribution in [3.05, 3.63) is 32.4 Å². The first-order valence-electron chi connectivity index (χ1n) is 10.4. The van der Waals surface area contributed by atoms with Crippen LogP contribution in [0.3, 0.4) is 0 Å². The van der Waals surface area contributed by atoms with Crippen LogP contribution in [0.1, 0.15) is 67.5 Å². The van der Waals surface area contributed by atoms with Gasteiger partial charge < -0.3 is 15.3 Å². The molecule has 1 saturated carbocycles. The minimum Gasteiger partial charge on any atom is -0.481 e. The highest BCUT2D eigenvalue weighted by Crippen LogP contribution is 2.37. The molecule has 0 amide bonds. The average molecular weight is 473 g/mol. The Bertz CT molecular complexity index is 623. The Balaban J connectivity index is 1.71. The molecule has 4 nitrogen and oxygen atoms in total. The molecule has 6 heteroatoms. The SMILES string of the molecule is Cc1sc(CC[C@H](O)/C=C/[C@H]2CCC(O)[C@@H]2CCCCCCC(=O)O)cc1Br. The van der Waals surface area contributed by atoms with E-state index >= 15 is 0 Å². The molecule has 0 spiro atoms. The third kappa shape index (κ3) is 7.97. The molecule has 1 fully saturated rings. The quantitative estimate of drug-likeness (QED) is 0.278. The van der Waals surface area contributed by atoms with Gasteiger partial charge in [0.15, 0.2) is 0 Å². The second kappa shape index (κ2) is 12.1. The molecule has 3 N–H and O–H groups in total. The van der Waals surface area contributed by atoms with Crippen molar-refractivity contribution in [2.75, 3.05) is 0 Å². The molecular formula is C22H33BrO4S. The van der Waals surface area contributed by atoms with Crippen molar-refractivity contribution < 1.29 is 20.1 Å². The minimum absolute atomic E-state index is 0.247. The van der Waals surface area contributed by atoms with E-state index in [1.165, 1.54) is 9.75 Å². The van der Waals surface area contributed by atoms with E-state index in [-0.39, 0.29) is 18.4 Å². The highest BCUT2D eigenvalue weighted by molar-refractivity contribution is 9.10. The van der Waals surface area contributed by atoms with Crippen LogP contribution in [-0.2, 0) is 11.2 Å². The van der Waals surface area contributed by atoms with Crippen molar-refractivity contribution in [3.63, 3.8) is 0 Å². The number of thiophene rings is 1. The fourth-order valence-electron chi connectivity index (χ4n) is 4.03. The van der Waals surface area contributed by atoms with E-state index in [1.54, 1.807) is 11.3 Å². The number of unbranched alkanes of at least 4 members (excludes halogenated alkanes) is 3. The Hall–Kier alpha value is -0.690. The third-order valence-corrected chi connectivity index (χ3v) is 7.89. The molecule has 0 bridgehead atoms. The lowest BCUT2D eigenvalue weighted by atomic mass is 9.88.